The fraction of sp³-hybridized carbons (Fsp3) is 0.533. The number of nitrogens with one attached hydrogen (secondary N) is 2. The zero-order valence-corrected chi connectivity index (χ0v) is 11.2. The Morgan fingerprint density at radius 3 is 2.72 bits per heavy atom. The summed E-state index contributed by atoms with van der Waals surface area (Å²) in [5.41, 5.74) is 2.00. The molecule has 1 atom stereocenters. The van der Waals surface area contributed by atoms with Gasteiger partial charge in [-0.15, -0.1) is 0 Å². The average Bonchev–Trinajstić information content (AvgIpc) is 2.27. The molecule has 0 spiro atoms. The van der Waals surface area contributed by atoms with Crippen molar-refractivity contribution in [1.29, 1.82) is 0 Å². The lowest BCUT2D eigenvalue weighted by Crippen LogP contribution is -2.41. The SMILES string of the molecule is Cc1ccccc1NC(=O)CNC(C)C1CCC1. The Morgan fingerprint density at radius 1 is 1.39 bits per heavy atom. The maximum Gasteiger partial charge on any atom is 0.238 e. The third kappa shape index (κ3) is 3.33. The summed E-state index contributed by atoms with van der Waals surface area (Å²) in [6.07, 6.45) is 3.94. The first-order valence-corrected chi connectivity index (χ1v) is 6.75. The van der Waals surface area contributed by atoms with Gasteiger partial charge >= 0.3 is 0 Å². The number of carbonyl (C=O) groups excluding carboxylic acids is 1. The molecule has 1 aliphatic carbocycles. The number of aryl methyl sites for hydroxylation is 1. The molecule has 1 fully saturated rings. The van der Waals surface area contributed by atoms with E-state index in [0.29, 0.717) is 12.6 Å². The molecule has 3 heteroatoms. The summed E-state index contributed by atoms with van der Waals surface area (Å²) in [5.74, 6) is 0.798. The molecule has 98 valence electrons. The van der Waals surface area contributed by atoms with Gasteiger partial charge in [-0.05, 0) is 44.2 Å². The quantitative estimate of drug-likeness (QED) is 0.838. The second kappa shape index (κ2) is 6.01. The van der Waals surface area contributed by atoms with Crippen LogP contribution in [0, 0.1) is 12.8 Å². The van der Waals surface area contributed by atoms with E-state index in [-0.39, 0.29) is 5.91 Å². The van der Waals surface area contributed by atoms with Gasteiger partial charge in [0.2, 0.25) is 5.91 Å². The summed E-state index contributed by atoms with van der Waals surface area (Å²) in [7, 11) is 0. The molecule has 0 aromatic heterocycles. The van der Waals surface area contributed by atoms with Crippen molar-refractivity contribution in [3.63, 3.8) is 0 Å². The highest BCUT2D eigenvalue weighted by atomic mass is 16.1. The van der Waals surface area contributed by atoms with Crippen LogP contribution in [0.1, 0.15) is 31.7 Å². The van der Waals surface area contributed by atoms with Crippen molar-refractivity contribution in [2.24, 2.45) is 5.92 Å². The first-order valence-electron chi connectivity index (χ1n) is 6.75. The van der Waals surface area contributed by atoms with Crippen molar-refractivity contribution in [3.05, 3.63) is 29.8 Å². The van der Waals surface area contributed by atoms with Crippen LogP contribution in [-0.2, 0) is 4.79 Å². The largest absolute Gasteiger partial charge is 0.325 e. The van der Waals surface area contributed by atoms with Crippen LogP contribution in [0.15, 0.2) is 24.3 Å². The highest BCUT2D eigenvalue weighted by Gasteiger charge is 2.23. The van der Waals surface area contributed by atoms with Crippen LogP contribution < -0.4 is 10.6 Å². The van der Waals surface area contributed by atoms with Crippen LogP contribution in [0.2, 0.25) is 0 Å². The predicted octanol–water partition coefficient (Wildman–Crippen LogP) is 2.71. The summed E-state index contributed by atoms with van der Waals surface area (Å²) >= 11 is 0. The van der Waals surface area contributed by atoms with Gasteiger partial charge in [0.1, 0.15) is 0 Å². The molecule has 1 aromatic rings. The number of rotatable bonds is 5. The summed E-state index contributed by atoms with van der Waals surface area (Å²) in [6.45, 7) is 4.57. The van der Waals surface area contributed by atoms with Crippen LogP contribution in [-0.4, -0.2) is 18.5 Å². The Morgan fingerprint density at radius 2 is 2.11 bits per heavy atom. The standard InChI is InChI=1S/C15H22N2O/c1-11-6-3-4-9-14(11)17-15(18)10-16-12(2)13-7-5-8-13/h3-4,6,9,12-13,16H,5,7-8,10H2,1-2H3,(H,17,18). The van der Waals surface area contributed by atoms with Crippen LogP contribution in [0.5, 0.6) is 0 Å². The third-order valence-electron chi connectivity index (χ3n) is 3.86. The lowest BCUT2D eigenvalue weighted by atomic mass is 9.80. The van der Waals surface area contributed by atoms with Gasteiger partial charge in [-0.25, -0.2) is 0 Å². The molecule has 1 amide bonds. The van der Waals surface area contributed by atoms with Gasteiger partial charge in [-0.1, -0.05) is 24.6 Å². The average molecular weight is 246 g/mol. The van der Waals surface area contributed by atoms with E-state index in [4.69, 9.17) is 0 Å². The molecule has 0 radical (unpaired) electrons. The second-order valence-corrected chi connectivity index (χ2v) is 5.22. The number of carbonyl (C=O) groups is 1. The second-order valence-electron chi connectivity index (χ2n) is 5.22. The molecule has 1 saturated carbocycles. The normalized spacial score (nSPS) is 17.0. The number of anilines is 1. The Balaban J connectivity index is 1.76. The number of hydrogen-bond acceptors (Lipinski definition) is 2. The maximum absolute atomic E-state index is 11.8. The topological polar surface area (TPSA) is 41.1 Å². The van der Waals surface area contributed by atoms with Crippen LogP contribution in [0.3, 0.4) is 0 Å². The molecule has 0 heterocycles. The van der Waals surface area contributed by atoms with Gasteiger partial charge in [0.25, 0.3) is 0 Å². The Hall–Kier alpha value is -1.35. The van der Waals surface area contributed by atoms with E-state index in [1.165, 1.54) is 19.3 Å². The lowest BCUT2D eigenvalue weighted by Gasteiger charge is -2.31. The minimum absolute atomic E-state index is 0.0375. The van der Waals surface area contributed by atoms with Gasteiger partial charge in [-0.3, -0.25) is 4.79 Å². The minimum atomic E-state index is 0.0375. The molecule has 0 saturated heterocycles. The third-order valence-corrected chi connectivity index (χ3v) is 3.86. The van der Waals surface area contributed by atoms with Gasteiger partial charge in [0.05, 0.1) is 6.54 Å². The minimum Gasteiger partial charge on any atom is -0.325 e. The van der Waals surface area contributed by atoms with Gasteiger partial charge in [0.15, 0.2) is 0 Å². The molecule has 3 nitrogen and oxygen atoms in total. The predicted molar refractivity (Wildman–Crippen MR) is 74.6 cm³/mol. The molecule has 1 aliphatic rings. The van der Waals surface area contributed by atoms with E-state index >= 15 is 0 Å². The highest BCUT2D eigenvalue weighted by molar-refractivity contribution is 5.92. The van der Waals surface area contributed by atoms with E-state index in [1.54, 1.807) is 0 Å². The molecule has 0 aliphatic heterocycles. The van der Waals surface area contributed by atoms with E-state index < -0.39 is 0 Å². The van der Waals surface area contributed by atoms with Crippen molar-refractivity contribution in [2.45, 2.75) is 39.2 Å². The summed E-state index contributed by atoms with van der Waals surface area (Å²) < 4.78 is 0. The molecular formula is C15H22N2O. The molecule has 0 bridgehead atoms. The zero-order valence-electron chi connectivity index (χ0n) is 11.2. The first-order chi connectivity index (χ1) is 8.66. The van der Waals surface area contributed by atoms with Crippen LogP contribution in [0.25, 0.3) is 0 Å². The van der Waals surface area contributed by atoms with Gasteiger partial charge in [0, 0.05) is 11.7 Å². The van der Waals surface area contributed by atoms with E-state index in [9.17, 15) is 4.79 Å². The summed E-state index contributed by atoms with van der Waals surface area (Å²) in [6, 6.07) is 8.29. The zero-order chi connectivity index (χ0) is 13.0. The number of benzene rings is 1. The van der Waals surface area contributed by atoms with Gasteiger partial charge in [-0.2, -0.15) is 0 Å². The summed E-state index contributed by atoms with van der Waals surface area (Å²) in [5, 5.41) is 6.25. The Bertz CT molecular complexity index is 413. The van der Waals surface area contributed by atoms with Crippen LogP contribution in [0.4, 0.5) is 5.69 Å². The molecule has 1 unspecified atom stereocenters. The molecular weight excluding hydrogens is 224 g/mol. The number of para-hydroxylation sites is 1. The van der Waals surface area contributed by atoms with E-state index in [1.807, 2.05) is 31.2 Å². The Labute approximate surface area is 109 Å². The highest BCUT2D eigenvalue weighted by Crippen LogP contribution is 2.29. The Kier molecular flexibility index (Phi) is 4.37. The maximum atomic E-state index is 11.8. The van der Waals surface area contributed by atoms with Crippen LogP contribution >= 0.6 is 0 Å². The molecule has 2 N–H and O–H groups in total. The van der Waals surface area contributed by atoms with E-state index in [2.05, 4.69) is 17.6 Å². The van der Waals surface area contributed by atoms with Crippen molar-refractivity contribution < 1.29 is 4.79 Å². The number of amides is 1. The van der Waals surface area contributed by atoms with Crippen molar-refractivity contribution in [2.75, 3.05) is 11.9 Å². The lowest BCUT2D eigenvalue weighted by molar-refractivity contribution is -0.115. The monoisotopic (exact) mass is 246 g/mol. The fourth-order valence-corrected chi connectivity index (χ4v) is 2.27. The number of hydrogen-bond donors (Lipinski definition) is 2. The van der Waals surface area contributed by atoms with E-state index in [0.717, 1.165) is 17.2 Å². The van der Waals surface area contributed by atoms with Crippen molar-refractivity contribution >= 4 is 11.6 Å². The molecule has 2 rings (SSSR count). The first kappa shape index (κ1) is 13.1. The van der Waals surface area contributed by atoms with Gasteiger partial charge < -0.3 is 10.6 Å². The van der Waals surface area contributed by atoms with Crippen molar-refractivity contribution in [3.8, 4) is 0 Å². The summed E-state index contributed by atoms with van der Waals surface area (Å²) in [4.78, 5) is 11.8. The fourth-order valence-electron chi connectivity index (χ4n) is 2.27. The van der Waals surface area contributed by atoms with Crippen molar-refractivity contribution in [1.82, 2.24) is 5.32 Å². The smallest absolute Gasteiger partial charge is 0.238 e. The molecule has 1 aromatic carbocycles. The molecule has 18 heavy (non-hydrogen) atoms.